The van der Waals surface area contributed by atoms with Gasteiger partial charge >= 0.3 is 0 Å². The molecule has 2 aliphatic carbocycles. The summed E-state index contributed by atoms with van der Waals surface area (Å²) in [5.74, 6) is 1.62. The van der Waals surface area contributed by atoms with Gasteiger partial charge in [0.05, 0.1) is 6.10 Å². The summed E-state index contributed by atoms with van der Waals surface area (Å²) in [5.41, 5.74) is 7.10. The minimum absolute atomic E-state index is 0.434. The van der Waals surface area contributed by atoms with Crippen molar-refractivity contribution in [3.8, 4) is 5.75 Å². The Labute approximate surface area is 128 Å². The van der Waals surface area contributed by atoms with Crippen molar-refractivity contribution in [3.05, 3.63) is 24.3 Å². The van der Waals surface area contributed by atoms with Crippen LogP contribution in [0.2, 0.25) is 0 Å². The zero-order valence-corrected chi connectivity index (χ0v) is 12.9. The van der Waals surface area contributed by atoms with Crippen molar-refractivity contribution in [1.82, 2.24) is 0 Å². The molecular formula is C18H28N2O. The monoisotopic (exact) mass is 288 g/mol. The summed E-state index contributed by atoms with van der Waals surface area (Å²) < 4.78 is 6.01. The second kappa shape index (κ2) is 7.17. The number of ether oxygens (including phenoxy) is 1. The van der Waals surface area contributed by atoms with Gasteiger partial charge in [-0.2, -0.15) is 0 Å². The van der Waals surface area contributed by atoms with E-state index in [-0.39, 0.29) is 0 Å². The molecule has 1 aromatic rings. The van der Waals surface area contributed by atoms with Gasteiger partial charge in [-0.25, -0.2) is 0 Å². The molecule has 0 aromatic heterocycles. The molecule has 3 nitrogen and oxygen atoms in total. The summed E-state index contributed by atoms with van der Waals surface area (Å²) in [4.78, 5) is 0. The Balaban J connectivity index is 1.55. The van der Waals surface area contributed by atoms with Gasteiger partial charge in [-0.3, -0.25) is 0 Å². The summed E-state index contributed by atoms with van der Waals surface area (Å²) in [6, 6.07) is 9.02. The molecule has 0 aliphatic heterocycles. The zero-order chi connectivity index (χ0) is 14.5. The fraction of sp³-hybridized carbons (Fsp3) is 0.667. The van der Waals surface area contributed by atoms with Gasteiger partial charge in [0.15, 0.2) is 0 Å². The van der Waals surface area contributed by atoms with Gasteiger partial charge < -0.3 is 15.8 Å². The summed E-state index contributed by atoms with van der Waals surface area (Å²) in [5, 5.41) is 3.67. The maximum absolute atomic E-state index is 6.01. The average Bonchev–Trinajstić information content (AvgIpc) is 3.03. The van der Waals surface area contributed by atoms with Crippen LogP contribution in [0.5, 0.6) is 5.75 Å². The van der Waals surface area contributed by atoms with E-state index in [1.54, 1.807) is 0 Å². The molecule has 2 saturated carbocycles. The van der Waals surface area contributed by atoms with Gasteiger partial charge in [0, 0.05) is 11.7 Å². The Morgan fingerprint density at radius 1 is 0.952 bits per heavy atom. The Morgan fingerprint density at radius 2 is 1.62 bits per heavy atom. The number of benzene rings is 1. The molecule has 0 radical (unpaired) electrons. The van der Waals surface area contributed by atoms with Crippen LogP contribution in [-0.2, 0) is 0 Å². The van der Waals surface area contributed by atoms with Crippen LogP contribution < -0.4 is 15.8 Å². The van der Waals surface area contributed by atoms with Crippen LogP contribution in [0.1, 0.15) is 51.4 Å². The third-order valence-corrected chi connectivity index (χ3v) is 5.02. The highest BCUT2D eigenvalue weighted by molar-refractivity contribution is 5.47. The van der Waals surface area contributed by atoms with Crippen LogP contribution in [0, 0.1) is 5.92 Å². The molecule has 0 amide bonds. The molecule has 21 heavy (non-hydrogen) atoms. The first-order valence-corrected chi connectivity index (χ1v) is 8.58. The third-order valence-electron chi connectivity index (χ3n) is 5.02. The summed E-state index contributed by atoms with van der Waals surface area (Å²) in [6.45, 7) is 0.792. The van der Waals surface area contributed by atoms with Crippen LogP contribution >= 0.6 is 0 Å². The van der Waals surface area contributed by atoms with E-state index in [9.17, 15) is 0 Å². The second-order valence-corrected chi connectivity index (χ2v) is 6.58. The molecule has 0 bridgehead atoms. The Bertz CT molecular complexity index is 425. The fourth-order valence-electron chi connectivity index (χ4n) is 3.72. The lowest BCUT2D eigenvalue weighted by Gasteiger charge is -2.32. The van der Waals surface area contributed by atoms with Crippen molar-refractivity contribution in [2.45, 2.75) is 63.5 Å². The van der Waals surface area contributed by atoms with E-state index < -0.39 is 0 Å². The number of hydrogen-bond acceptors (Lipinski definition) is 3. The first-order valence-electron chi connectivity index (χ1n) is 8.58. The van der Waals surface area contributed by atoms with Crippen molar-refractivity contribution in [2.75, 3.05) is 11.9 Å². The zero-order valence-electron chi connectivity index (χ0n) is 12.9. The molecule has 2 aliphatic rings. The molecule has 1 aromatic carbocycles. The number of anilines is 1. The van der Waals surface area contributed by atoms with Crippen LogP contribution in [-0.4, -0.2) is 18.7 Å². The lowest BCUT2D eigenvalue weighted by Crippen LogP contribution is -2.36. The smallest absolute Gasteiger partial charge is 0.119 e. The SMILES string of the molecule is NCC1CCCCC1Nc1ccc(OC2CCCC2)cc1. The number of hydrogen-bond donors (Lipinski definition) is 2. The highest BCUT2D eigenvalue weighted by Gasteiger charge is 2.23. The molecular weight excluding hydrogens is 260 g/mol. The topological polar surface area (TPSA) is 47.3 Å². The molecule has 116 valence electrons. The summed E-state index contributed by atoms with van der Waals surface area (Å²) in [6.07, 6.45) is 10.6. The van der Waals surface area contributed by atoms with Crippen LogP contribution in [0.25, 0.3) is 0 Å². The second-order valence-electron chi connectivity index (χ2n) is 6.58. The number of rotatable bonds is 5. The van der Waals surface area contributed by atoms with Crippen LogP contribution in [0.3, 0.4) is 0 Å². The van der Waals surface area contributed by atoms with E-state index >= 15 is 0 Å². The van der Waals surface area contributed by atoms with Crippen molar-refractivity contribution in [1.29, 1.82) is 0 Å². The average molecular weight is 288 g/mol. The molecule has 2 unspecified atom stereocenters. The van der Waals surface area contributed by atoms with Crippen molar-refractivity contribution >= 4 is 5.69 Å². The fourth-order valence-corrected chi connectivity index (χ4v) is 3.72. The van der Waals surface area contributed by atoms with Gasteiger partial charge in [0.1, 0.15) is 5.75 Å². The minimum Gasteiger partial charge on any atom is -0.490 e. The molecule has 0 heterocycles. The summed E-state index contributed by atoms with van der Waals surface area (Å²) in [7, 11) is 0. The third kappa shape index (κ3) is 3.91. The first-order chi connectivity index (χ1) is 10.3. The van der Waals surface area contributed by atoms with Gasteiger partial charge in [0.25, 0.3) is 0 Å². The Hall–Kier alpha value is -1.22. The molecule has 3 rings (SSSR count). The highest BCUT2D eigenvalue weighted by atomic mass is 16.5. The molecule has 3 heteroatoms. The number of nitrogens with two attached hydrogens (primary N) is 1. The standard InChI is InChI=1S/C18H28N2O/c19-13-14-5-1-4-8-18(14)20-15-9-11-17(12-10-15)21-16-6-2-3-7-16/h9-12,14,16,18,20H,1-8,13,19H2. The minimum atomic E-state index is 0.434. The molecule has 2 atom stereocenters. The van der Waals surface area contributed by atoms with E-state index in [1.165, 1.54) is 57.1 Å². The van der Waals surface area contributed by atoms with E-state index in [2.05, 4.69) is 29.6 Å². The van der Waals surface area contributed by atoms with Gasteiger partial charge in [-0.1, -0.05) is 12.8 Å². The molecule has 0 saturated heterocycles. The molecule has 3 N–H and O–H groups in total. The van der Waals surface area contributed by atoms with Crippen LogP contribution in [0.4, 0.5) is 5.69 Å². The van der Waals surface area contributed by atoms with Gasteiger partial charge in [-0.05, 0) is 75.3 Å². The maximum atomic E-state index is 6.01. The van der Waals surface area contributed by atoms with Crippen molar-refractivity contribution < 1.29 is 4.74 Å². The lowest BCUT2D eigenvalue weighted by atomic mass is 9.84. The lowest BCUT2D eigenvalue weighted by molar-refractivity contribution is 0.210. The molecule has 0 spiro atoms. The van der Waals surface area contributed by atoms with E-state index in [4.69, 9.17) is 10.5 Å². The summed E-state index contributed by atoms with van der Waals surface area (Å²) >= 11 is 0. The van der Waals surface area contributed by atoms with Crippen molar-refractivity contribution in [2.24, 2.45) is 11.7 Å². The molecule has 2 fully saturated rings. The van der Waals surface area contributed by atoms with E-state index in [0.717, 1.165) is 12.3 Å². The van der Waals surface area contributed by atoms with E-state index in [1.807, 2.05) is 0 Å². The quantitative estimate of drug-likeness (QED) is 0.863. The van der Waals surface area contributed by atoms with Gasteiger partial charge in [0.2, 0.25) is 0 Å². The van der Waals surface area contributed by atoms with Gasteiger partial charge in [-0.15, -0.1) is 0 Å². The first kappa shape index (κ1) is 14.7. The number of nitrogens with one attached hydrogen (secondary N) is 1. The van der Waals surface area contributed by atoms with Crippen molar-refractivity contribution in [3.63, 3.8) is 0 Å². The predicted molar refractivity (Wildman–Crippen MR) is 87.7 cm³/mol. The normalized spacial score (nSPS) is 26.7. The Kier molecular flexibility index (Phi) is 5.02. The van der Waals surface area contributed by atoms with E-state index in [0.29, 0.717) is 18.1 Å². The van der Waals surface area contributed by atoms with Crippen LogP contribution in [0.15, 0.2) is 24.3 Å². The largest absolute Gasteiger partial charge is 0.490 e. The highest BCUT2D eigenvalue weighted by Crippen LogP contribution is 2.28. The predicted octanol–water partition coefficient (Wildman–Crippen LogP) is 3.94. The Morgan fingerprint density at radius 3 is 2.33 bits per heavy atom. The maximum Gasteiger partial charge on any atom is 0.119 e.